The van der Waals surface area contributed by atoms with Gasteiger partial charge in [0.25, 0.3) is 0 Å². The van der Waals surface area contributed by atoms with Gasteiger partial charge >= 0.3 is 6.01 Å². The van der Waals surface area contributed by atoms with Gasteiger partial charge in [-0.05, 0) is 37.1 Å². The monoisotopic (exact) mass is 259 g/mol. The van der Waals surface area contributed by atoms with E-state index in [1.807, 2.05) is 26.0 Å². The number of hydrogen-bond donors (Lipinski definition) is 2. The molecule has 2 N–H and O–H groups in total. The second-order valence-corrected chi connectivity index (χ2v) is 4.22. The molecule has 0 amide bonds. The number of ether oxygens (including phenoxy) is 1. The van der Waals surface area contributed by atoms with E-state index in [-0.39, 0.29) is 6.01 Å². The third-order valence-electron chi connectivity index (χ3n) is 2.50. The average molecular weight is 259 g/mol. The van der Waals surface area contributed by atoms with E-state index in [1.54, 1.807) is 7.05 Å². The number of benzene rings is 1. The molecule has 6 heteroatoms. The smallest absolute Gasteiger partial charge is 0.322 e. The van der Waals surface area contributed by atoms with Crippen LogP contribution in [0.25, 0.3) is 0 Å². The topological polar surface area (TPSA) is 72.0 Å². The SMILES string of the molecule is CNc1nc(Nc2cc(C)cc(C)c2)nc(OC)n1. The van der Waals surface area contributed by atoms with Crippen molar-refractivity contribution < 1.29 is 4.74 Å². The summed E-state index contributed by atoms with van der Waals surface area (Å²) in [5, 5.41) is 6.02. The van der Waals surface area contributed by atoms with Crippen LogP contribution < -0.4 is 15.4 Å². The highest BCUT2D eigenvalue weighted by Crippen LogP contribution is 2.19. The molecule has 1 heterocycles. The van der Waals surface area contributed by atoms with Crippen LogP contribution in [0.1, 0.15) is 11.1 Å². The van der Waals surface area contributed by atoms with Crippen LogP contribution in [0, 0.1) is 13.8 Å². The molecule has 0 saturated heterocycles. The van der Waals surface area contributed by atoms with E-state index in [4.69, 9.17) is 4.74 Å². The molecular formula is C13H17N5O. The lowest BCUT2D eigenvalue weighted by atomic mass is 10.1. The Labute approximate surface area is 112 Å². The van der Waals surface area contributed by atoms with E-state index < -0.39 is 0 Å². The van der Waals surface area contributed by atoms with Crippen molar-refractivity contribution >= 4 is 17.6 Å². The summed E-state index contributed by atoms with van der Waals surface area (Å²) >= 11 is 0. The van der Waals surface area contributed by atoms with Crippen molar-refractivity contribution in [1.29, 1.82) is 0 Å². The van der Waals surface area contributed by atoms with Crippen LogP contribution in [-0.4, -0.2) is 29.1 Å². The van der Waals surface area contributed by atoms with E-state index in [0.29, 0.717) is 11.9 Å². The molecule has 1 aromatic heterocycles. The standard InChI is InChI=1S/C13H17N5O/c1-8-5-9(2)7-10(6-8)15-12-16-11(14-3)17-13(18-12)19-4/h5-7H,1-4H3,(H2,14,15,16,17,18). The van der Waals surface area contributed by atoms with E-state index in [0.717, 1.165) is 5.69 Å². The Kier molecular flexibility index (Phi) is 3.79. The number of nitrogens with zero attached hydrogens (tertiary/aromatic N) is 3. The fourth-order valence-corrected chi connectivity index (χ4v) is 1.79. The van der Waals surface area contributed by atoms with E-state index in [2.05, 4.69) is 31.7 Å². The third kappa shape index (κ3) is 3.31. The van der Waals surface area contributed by atoms with Crippen LogP contribution >= 0.6 is 0 Å². The zero-order valence-electron chi connectivity index (χ0n) is 11.5. The molecule has 0 aliphatic carbocycles. The number of methoxy groups -OCH3 is 1. The first kappa shape index (κ1) is 13.1. The summed E-state index contributed by atoms with van der Waals surface area (Å²) in [5.41, 5.74) is 3.29. The normalized spacial score (nSPS) is 10.1. The van der Waals surface area contributed by atoms with Gasteiger partial charge in [-0.2, -0.15) is 15.0 Å². The molecule has 0 atom stereocenters. The summed E-state index contributed by atoms with van der Waals surface area (Å²) in [6, 6.07) is 6.44. The van der Waals surface area contributed by atoms with Crippen LogP contribution in [-0.2, 0) is 0 Å². The Morgan fingerprint density at radius 2 is 1.58 bits per heavy atom. The Bertz CT molecular complexity index is 543. The molecular weight excluding hydrogens is 242 g/mol. The van der Waals surface area contributed by atoms with Gasteiger partial charge in [0.05, 0.1) is 7.11 Å². The zero-order valence-corrected chi connectivity index (χ0v) is 11.5. The van der Waals surface area contributed by atoms with Crippen molar-refractivity contribution in [1.82, 2.24) is 15.0 Å². The van der Waals surface area contributed by atoms with Crippen LogP contribution in [0.4, 0.5) is 17.6 Å². The Balaban J connectivity index is 2.31. The summed E-state index contributed by atoms with van der Waals surface area (Å²) in [6.45, 7) is 4.09. The average Bonchev–Trinajstić information content (AvgIpc) is 2.37. The number of anilines is 3. The minimum atomic E-state index is 0.270. The number of nitrogens with one attached hydrogen (secondary N) is 2. The fourth-order valence-electron chi connectivity index (χ4n) is 1.79. The van der Waals surface area contributed by atoms with Gasteiger partial charge in [0.2, 0.25) is 11.9 Å². The van der Waals surface area contributed by atoms with Crippen molar-refractivity contribution in [2.24, 2.45) is 0 Å². The Morgan fingerprint density at radius 1 is 0.947 bits per heavy atom. The lowest BCUT2D eigenvalue weighted by Crippen LogP contribution is -2.05. The predicted octanol–water partition coefficient (Wildman–Crippen LogP) is 2.28. The fraction of sp³-hybridized carbons (Fsp3) is 0.308. The highest BCUT2D eigenvalue weighted by atomic mass is 16.5. The highest BCUT2D eigenvalue weighted by Gasteiger charge is 2.06. The van der Waals surface area contributed by atoms with Crippen LogP contribution in [0.15, 0.2) is 18.2 Å². The van der Waals surface area contributed by atoms with Crippen LogP contribution in [0.2, 0.25) is 0 Å². The van der Waals surface area contributed by atoms with Gasteiger partial charge < -0.3 is 15.4 Å². The van der Waals surface area contributed by atoms with Crippen molar-refractivity contribution in [2.45, 2.75) is 13.8 Å². The first-order valence-electron chi connectivity index (χ1n) is 5.94. The minimum absolute atomic E-state index is 0.270. The molecule has 0 aliphatic heterocycles. The first-order valence-corrected chi connectivity index (χ1v) is 5.94. The molecule has 0 aliphatic rings. The van der Waals surface area contributed by atoms with Crippen LogP contribution in [0.3, 0.4) is 0 Å². The van der Waals surface area contributed by atoms with E-state index >= 15 is 0 Å². The summed E-state index contributed by atoms with van der Waals surface area (Å²) in [7, 11) is 3.27. The molecule has 1 aromatic carbocycles. The maximum atomic E-state index is 5.04. The molecule has 0 fully saturated rings. The molecule has 2 rings (SSSR count). The largest absolute Gasteiger partial charge is 0.467 e. The second-order valence-electron chi connectivity index (χ2n) is 4.22. The number of aromatic nitrogens is 3. The Hall–Kier alpha value is -2.37. The van der Waals surface area contributed by atoms with Gasteiger partial charge in [-0.25, -0.2) is 0 Å². The first-order chi connectivity index (χ1) is 9.10. The van der Waals surface area contributed by atoms with Gasteiger partial charge in [-0.3, -0.25) is 0 Å². The third-order valence-corrected chi connectivity index (χ3v) is 2.50. The van der Waals surface area contributed by atoms with Crippen molar-refractivity contribution in [3.05, 3.63) is 29.3 Å². The van der Waals surface area contributed by atoms with Gasteiger partial charge in [-0.1, -0.05) is 6.07 Å². The van der Waals surface area contributed by atoms with Crippen molar-refractivity contribution in [3.63, 3.8) is 0 Å². The van der Waals surface area contributed by atoms with Crippen LogP contribution in [0.5, 0.6) is 6.01 Å². The lowest BCUT2D eigenvalue weighted by molar-refractivity contribution is 0.379. The van der Waals surface area contributed by atoms with Crippen molar-refractivity contribution in [3.8, 4) is 6.01 Å². The maximum Gasteiger partial charge on any atom is 0.322 e. The van der Waals surface area contributed by atoms with Gasteiger partial charge in [0.1, 0.15) is 0 Å². The molecule has 0 radical (unpaired) electrons. The molecule has 100 valence electrons. The Morgan fingerprint density at radius 3 is 2.16 bits per heavy atom. The summed E-state index contributed by atoms with van der Waals surface area (Å²) < 4.78 is 5.04. The van der Waals surface area contributed by atoms with Gasteiger partial charge in [0, 0.05) is 12.7 Å². The predicted molar refractivity (Wildman–Crippen MR) is 75.1 cm³/mol. The molecule has 0 bridgehead atoms. The lowest BCUT2D eigenvalue weighted by Gasteiger charge is -2.09. The number of hydrogen-bond acceptors (Lipinski definition) is 6. The molecule has 19 heavy (non-hydrogen) atoms. The van der Waals surface area contributed by atoms with E-state index in [1.165, 1.54) is 18.2 Å². The van der Waals surface area contributed by atoms with E-state index in [9.17, 15) is 0 Å². The molecule has 2 aromatic rings. The quantitative estimate of drug-likeness (QED) is 0.877. The number of aryl methyl sites for hydroxylation is 2. The van der Waals surface area contributed by atoms with Gasteiger partial charge in [0.15, 0.2) is 0 Å². The summed E-state index contributed by atoms with van der Waals surface area (Å²) in [6.07, 6.45) is 0. The second kappa shape index (κ2) is 5.51. The zero-order chi connectivity index (χ0) is 13.8. The molecule has 0 saturated carbocycles. The molecule has 6 nitrogen and oxygen atoms in total. The van der Waals surface area contributed by atoms with Gasteiger partial charge in [-0.15, -0.1) is 0 Å². The maximum absolute atomic E-state index is 5.04. The minimum Gasteiger partial charge on any atom is -0.467 e. The molecule has 0 spiro atoms. The highest BCUT2D eigenvalue weighted by molar-refractivity contribution is 5.56. The summed E-state index contributed by atoms with van der Waals surface area (Å²) in [5.74, 6) is 0.903. The molecule has 0 unspecified atom stereocenters. The summed E-state index contributed by atoms with van der Waals surface area (Å²) in [4.78, 5) is 12.4. The van der Waals surface area contributed by atoms with Crippen molar-refractivity contribution in [2.75, 3.05) is 24.8 Å². The number of rotatable bonds is 4.